The van der Waals surface area contributed by atoms with Crippen molar-refractivity contribution in [2.75, 3.05) is 31.8 Å². The van der Waals surface area contributed by atoms with E-state index in [-0.39, 0.29) is 41.4 Å². The van der Waals surface area contributed by atoms with E-state index >= 15 is 0 Å². The van der Waals surface area contributed by atoms with Gasteiger partial charge in [-0.3, -0.25) is 9.48 Å². The number of hydrogen-bond donors (Lipinski definition) is 2. The minimum atomic E-state index is -4.42. The molecule has 3 rings (SSSR count). The number of aryl methyl sites for hydroxylation is 1. The largest absolute Gasteiger partial charge is 0.496 e. The smallest absolute Gasteiger partial charge is 0.408 e. The van der Waals surface area contributed by atoms with Gasteiger partial charge in [-0.05, 0) is 38.8 Å². The number of carbonyl (C=O) groups is 1. The number of ether oxygens (including phenoxy) is 2. The molecule has 3 atom stereocenters. The third kappa shape index (κ3) is 6.88. The molecule has 9 nitrogen and oxygen atoms in total. The molecule has 0 spiro atoms. The molecule has 1 aromatic heterocycles. The predicted octanol–water partition coefficient (Wildman–Crippen LogP) is 3.92. The van der Waals surface area contributed by atoms with Gasteiger partial charge >= 0.3 is 6.18 Å². The van der Waals surface area contributed by atoms with Crippen molar-refractivity contribution >= 4 is 33.0 Å². The molecule has 0 radical (unpaired) electrons. The van der Waals surface area contributed by atoms with E-state index in [4.69, 9.17) is 21.1 Å². The van der Waals surface area contributed by atoms with Crippen LogP contribution in [0.2, 0.25) is 5.02 Å². The highest BCUT2D eigenvalue weighted by molar-refractivity contribution is 7.91. The van der Waals surface area contributed by atoms with E-state index in [1.807, 2.05) is 0 Å². The van der Waals surface area contributed by atoms with Crippen molar-refractivity contribution in [2.24, 2.45) is 0 Å². The van der Waals surface area contributed by atoms with Gasteiger partial charge in [0.15, 0.2) is 15.5 Å². The highest BCUT2D eigenvalue weighted by Gasteiger charge is 2.36. The molecule has 2 aromatic rings. The molecule has 37 heavy (non-hydrogen) atoms. The number of anilines is 1. The highest BCUT2D eigenvalue weighted by atomic mass is 35.5. The Bertz CT molecular complexity index is 1230. The fourth-order valence-corrected chi connectivity index (χ4v) is 5.16. The number of halogens is 4. The standard InChI is InChI=1S/C23H30ClF3N4O5S/c1-5-31-21(17-9-6-14(10-18(17)35-3)29-13(2)23(25,26)27)19(24)20(30-31)22(32)28-11-15-7-8-16(12-36-15)37(4,33)34/h6,9-10,13,15-16,29H,5,7-8,11-12H2,1-4H3,(H,28,32)/t13-,15+,16-/m1/s1. The second-order valence-corrected chi connectivity index (χ2v) is 11.5. The summed E-state index contributed by atoms with van der Waals surface area (Å²) in [6.07, 6.45) is -2.66. The summed E-state index contributed by atoms with van der Waals surface area (Å²) in [5.74, 6) is -0.289. The number of nitrogens with one attached hydrogen (secondary N) is 2. The molecule has 1 amide bonds. The van der Waals surface area contributed by atoms with Gasteiger partial charge in [-0.2, -0.15) is 18.3 Å². The van der Waals surface area contributed by atoms with E-state index in [9.17, 15) is 26.4 Å². The van der Waals surface area contributed by atoms with Gasteiger partial charge in [-0.1, -0.05) is 11.6 Å². The molecule has 14 heteroatoms. The van der Waals surface area contributed by atoms with Gasteiger partial charge in [-0.25, -0.2) is 8.42 Å². The molecule has 1 fully saturated rings. The first kappa shape index (κ1) is 29.1. The summed E-state index contributed by atoms with van der Waals surface area (Å²) in [4.78, 5) is 12.9. The average Bonchev–Trinajstić information content (AvgIpc) is 3.17. The van der Waals surface area contributed by atoms with Gasteiger partial charge in [-0.15, -0.1) is 0 Å². The van der Waals surface area contributed by atoms with E-state index < -0.39 is 33.2 Å². The summed E-state index contributed by atoms with van der Waals surface area (Å²) in [6, 6.07) is 2.67. The molecule has 0 aliphatic carbocycles. The van der Waals surface area contributed by atoms with Crippen LogP contribution in [0.4, 0.5) is 18.9 Å². The van der Waals surface area contributed by atoms with Crippen LogP contribution >= 0.6 is 11.6 Å². The summed E-state index contributed by atoms with van der Waals surface area (Å²) >= 11 is 6.58. The topological polar surface area (TPSA) is 112 Å². The average molecular weight is 567 g/mol. The van der Waals surface area contributed by atoms with Gasteiger partial charge in [0.1, 0.15) is 11.8 Å². The molecular weight excluding hydrogens is 537 g/mol. The van der Waals surface area contributed by atoms with Crippen LogP contribution in [-0.2, 0) is 21.1 Å². The fourth-order valence-electron chi connectivity index (χ4n) is 3.95. The lowest BCUT2D eigenvalue weighted by Crippen LogP contribution is -2.41. The zero-order valence-electron chi connectivity index (χ0n) is 20.9. The van der Waals surface area contributed by atoms with Crippen LogP contribution in [0.1, 0.15) is 37.2 Å². The Morgan fingerprint density at radius 3 is 2.59 bits per heavy atom. The SMILES string of the molecule is CCn1nc(C(=O)NC[C@@H]2CC[C@@H](S(C)(=O)=O)CO2)c(Cl)c1-c1ccc(N[C@H](C)C(F)(F)F)cc1OC. The Hall–Kier alpha value is -2.51. The van der Waals surface area contributed by atoms with Crippen molar-refractivity contribution in [3.8, 4) is 17.0 Å². The van der Waals surface area contributed by atoms with E-state index in [1.54, 1.807) is 13.0 Å². The normalized spacial score (nSPS) is 19.4. The second kappa shape index (κ2) is 11.5. The summed E-state index contributed by atoms with van der Waals surface area (Å²) in [7, 11) is -1.81. The number of nitrogens with zero attached hydrogens (tertiary/aromatic N) is 2. The summed E-state index contributed by atoms with van der Waals surface area (Å²) in [6.45, 7) is 3.39. The number of rotatable bonds is 9. The van der Waals surface area contributed by atoms with Crippen molar-refractivity contribution in [1.82, 2.24) is 15.1 Å². The molecule has 0 bridgehead atoms. The molecule has 206 valence electrons. The first-order chi connectivity index (χ1) is 17.3. The molecule has 2 heterocycles. The molecule has 1 aromatic carbocycles. The van der Waals surface area contributed by atoms with Crippen LogP contribution in [0, 0.1) is 0 Å². The number of benzene rings is 1. The van der Waals surface area contributed by atoms with Crippen molar-refractivity contribution in [1.29, 1.82) is 0 Å². The minimum absolute atomic E-state index is 0.0294. The summed E-state index contributed by atoms with van der Waals surface area (Å²) in [5, 5.41) is 8.95. The number of carbonyl (C=O) groups excluding carboxylic acids is 1. The Morgan fingerprint density at radius 2 is 2.05 bits per heavy atom. The van der Waals surface area contributed by atoms with E-state index in [0.717, 1.165) is 6.92 Å². The molecule has 1 aliphatic rings. The van der Waals surface area contributed by atoms with Gasteiger partial charge in [0.05, 0.1) is 35.8 Å². The lowest BCUT2D eigenvalue weighted by Gasteiger charge is -2.28. The summed E-state index contributed by atoms with van der Waals surface area (Å²) in [5.41, 5.74) is 1.01. The van der Waals surface area contributed by atoms with Crippen LogP contribution in [0.5, 0.6) is 5.75 Å². The number of hydrogen-bond acceptors (Lipinski definition) is 7. The van der Waals surface area contributed by atoms with Crippen molar-refractivity contribution in [3.63, 3.8) is 0 Å². The van der Waals surface area contributed by atoms with Gasteiger partial charge < -0.3 is 20.1 Å². The Morgan fingerprint density at radius 1 is 1.35 bits per heavy atom. The maximum Gasteiger partial charge on any atom is 0.408 e. The van der Waals surface area contributed by atoms with E-state index in [2.05, 4.69) is 15.7 Å². The fraction of sp³-hybridized carbons (Fsp3) is 0.565. The van der Waals surface area contributed by atoms with Crippen LogP contribution in [0.15, 0.2) is 18.2 Å². The van der Waals surface area contributed by atoms with Gasteiger partial charge in [0.25, 0.3) is 5.91 Å². The zero-order valence-corrected chi connectivity index (χ0v) is 22.4. The maximum atomic E-state index is 12.9. The van der Waals surface area contributed by atoms with E-state index in [0.29, 0.717) is 30.6 Å². The Labute approximate surface area is 218 Å². The third-order valence-corrected chi connectivity index (χ3v) is 8.11. The van der Waals surface area contributed by atoms with Gasteiger partial charge in [0, 0.05) is 36.7 Å². The molecule has 2 N–H and O–H groups in total. The van der Waals surface area contributed by atoms with Crippen LogP contribution in [-0.4, -0.2) is 74.2 Å². The minimum Gasteiger partial charge on any atom is -0.496 e. The maximum absolute atomic E-state index is 12.9. The molecule has 1 saturated heterocycles. The number of amides is 1. The monoisotopic (exact) mass is 566 g/mol. The molecule has 0 saturated carbocycles. The van der Waals surface area contributed by atoms with Gasteiger partial charge in [0.2, 0.25) is 0 Å². The zero-order chi connectivity index (χ0) is 27.5. The predicted molar refractivity (Wildman–Crippen MR) is 134 cm³/mol. The lowest BCUT2D eigenvalue weighted by molar-refractivity contribution is -0.138. The van der Waals surface area contributed by atoms with E-state index in [1.165, 1.54) is 30.2 Å². The van der Waals surface area contributed by atoms with Crippen LogP contribution in [0.25, 0.3) is 11.3 Å². The third-order valence-electron chi connectivity index (χ3n) is 6.16. The van der Waals surface area contributed by atoms with Crippen molar-refractivity contribution in [2.45, 2.75) is 56.8 Å². The number of aromatic nitrogens is 2. The molecular formula is C23H30ClF3N4O5S. The molecule has 0 unspecified atom stereocenters. The second-order valence-electron chi connectivity index (χ2n) is 8.84. The first-order valence-electron chi connectivity index (χ1n) is 11.6. The van der Waals surface area contributed by atoms with Crippen LogP contribution < -0.4 is 15.4 Å². The number of alkyl halides is 3. The quantitative estimate of drug-likeness (QED) is 0.473. The Kier molecular flexibility index (Phi) is 9.01. The van der Waals surface area contributed by atoms with Crippen molar-refractivity contribution < 1.29 is 35.9 Å². The highest BCUT2D eigenvalue weighted by Crippen LogP contribution is 2.39. The number of sulfone groups is 1. The van der Waals surface area contributed by atoms with Crippen molar-refractivity contribution in [3.05, 3.63) is 28.9 Å². The summed E-state index contributed by atoms with van der Waals surface area (Å²) < 4.78 is 74.7. The number of methoxy groups -OCH3 is 1. The van der Waals surface area contributed by atoms with Crippen LogP contribution in [0.3, 0.4) is 0 Å². The first-order valence-corrected chi connectivity index (χ1v) is 14.0. The Balaban J connectivity index is 1.78. The molecule has 1 aliphatic heterocycles. The lowest BCUT2D eigenvalue weighted by atomic mass is 10.1.